The van der Waals surface area contributed by atoms with E-state index in [1.165, 1.54) is 11.3 Å². The van der Waals surface area contributed by atoms with E-state index in [9.17, 15) is 9.59 Å². The molecule has 6 nitrogen and oxygen atoms in total. The Labute approximate surface area is 125 Å². The lowest BCUT2D eigenvalue weighted by atomic mass is 9.98. The summed E-state index contributed by atoms with van der Waals surface area (Å²) in [5.41, 5.74) is -0.306. The monoisotopic (exact) mass is 308 g/mol. The lowest BCUT2D eigenvalue weighted by Crippen LogP contribution is -2.43. The maximum absolute atomic E-state index is 12.1. The molecule has 2 N–H and O–H groups in total. The zero-order chi connectivity index (χ0) is 15.5. The number of rotatable bonds is 6. The van der Waals surface area contributed by atoms with E-state index < -0.39 is 11.5 Å². The third kappa shape index (κ3) is 4.16. The standard InChI is InChI=1S/C14H16N2O4S/c1-14(2,6-5-11(17)18)16-12(19)9-8-21-13(15-9)10-4-3-7-20-10/h3-4,7-8H,5-6H2,1-2H3,(H,16,19)(H,17,18). The Morgan fingerprint density at radius 3 is 2.86 bits per heavy atom. The number of nitrogens with one attached hydrogen (secondary N) is 1. The van der Waals surface area contributed by atoms with Crippen molar-refractivity contribution in [2.75, 3.05) is 0 Å². The van der Waals surface area contributed by atoms with Crippen LogP contribution < -0.4 is 5.32 Å². The first-order valence-electron chi connectivity index (χ1n) is 6.41. The second-order valence-electron chi connectivity index (χ2n) is 5.25. The van der Waals surface area contributed by atoms with Gasteiger partial charge in [-0.3, -0.25) is 9.59 Å². The Morgan fingerprint density at radius 2 is 2.24 bits per heavy atom. The van der Waals surface area contributed by atoms with Crippen LogP contribution in [0.3, 0.4) is 0 Å². The molecule has 0 saturated carbocycles. The van der Waals surface area contributed by atoms with Crippen molar-refractivity contribution in [2.45, 2.75) is 32.2 Å². The predicted octanol–water partition coefficient (Wildman–Crippen LogP) is 2.78. The van der Waals surface area contributed by atoms with Gasteiger partial charge in [0.15, 0.2) is 10.8 Å². The number of nitrogens with zero attached hydrogens (tertiary/aromatic N) is 1. The number of thiazole rings is 1. The molecule has 0 spiro atoms. The van der Waals surface area contributed by atoms with Crippen LogP contribution in [0.4, 0.5) is 0 Å². The quantitative estimate of drug-likeness (QED) is 0.856. The van der Waals surface area contributed by atoms with Gasteiger partial charge in [0.05, 0.1) is 6.26 Å². The van der Waals surface area contributed by atoms with E-state index in [1.54, 1.807) is 37.6 Å². The van der Waals surface area contributed by atoms with Gasteiger partial charge in [-0.1, -0.05) is 0 Å². The molecule has 0 aliphatic heterocycles. The van der Waals surface area contributed by atoms with Gasteiger partial charge in [-0.25, -0.2) is 4.98 Å². The molecule has 0 aliphatic rings. The van der Waals surface area contributed by atoms with Gasteiger partial charge in [0, 0.05) is 17.3 Å². The van der Waals surface area contributed by atoms with E-state index in [4.69, 9.17) is 9.52 Å². The Morgan fingerprint density at radius 1 is 1.48 bits per heavy atom. The van der Waals surface area contributed by atoms with E-state index in [1.807, 2.05) is 0 Å². The summed E-state index contributed by atoms with van der Waals surface area (Å²) in [5.74, 6) is -0.588. The normalized spacial score (nSPS) is 11.3. The third-order valence-corrected chi connectivity index (χ3v) is 3.74. The molecule has 0 atom stereocenters. The van der Waals surface area contributed by atoms with Gasteiger partial charge in [0.25, 0.3) is 5.91 Å². The molecule has 0 aliphatic carbocycles. The van der Waals surface area contributed by atoms with Crippen LogP contribution in [0.15, 0.2) is 28.2 Å². The average molecular weight is 308 g/mol. The van der Waals surface area contributed by atoms with Gasteiger partial charge in [-0.05, 0) is 32.4 Å². The molecular weight excluding hydrogens is 292 g/mol. The maximum Gasteiger partial charge on any atom is 0.303 e. The number of aromatic nitrogens is 1. The molecule has 2 aromatic heterocycles. The molecule has 0 saturated heterocycles. The van der Waals surface area contributed by atoms with E-state index in [0.29, 0.717) is 22.9 Å². The minimum atomic E-state index is -0.883. The number of hydrogen-bond donors (Lipinski definition) is 2. The van der Waals surface area contributed by atoms with Crippen LogP contribution in [-0.4, -0.2) is 27.5 Å². The lowest BCUT2D eigenvalue weighted by Gasteiger charge is -2.25. The van der Waals surface area contributed by atoms with Crippen molar-refractivity contribution < 1.29 is 19.1 Å². The summed E-state index contributed by atoms with van der Waals surface area (Å²) in [6.07, 6.45) is 1.90. The fourth-order valence-electron chi connectivity index (χ4n) is 1.74. The Balaban J connectivity index is 2.02. The van der Waals surface area contributed by atoms with Crippen molar-refractivity contribution in [1.82, 2.24) is 10.3 Å². The van der Waals surface area contributed by atoms with Gasteiger partial charge >= 0.3 is 5.97 Å². The molecule has 7 heteroatoms. The largest absolute Gasteiger partial charge is 0.481 e. The fourth-order valence-corrected chi connectivity index (χ4v) is 2.51. The molecule has 0 radical (unpaired) electrons. The molecule has 112 valence electrons. The minimum absolute atomic E-state index is 0.00198. The van der Waals surface area contributed by atoms with Gasteiger partial charge in [0.2, 0.25) is 0 Å². The number of amides is 1. The summed E-state index contributed by atoms with van der Waals surface area (Å²) >= 11 is 1.32. The van der Waals surface area contributed by atoms with Gasteiger partial charge < -0.3 is 14.8 Å². The van der Waals surface area contributed by atoms with Crippen LogP contribution in [0.2, 0.25) is 0 Å². The zero-order valence-corrected chi connectivity index (χ0v) is 12.6. The first kappa shape index (κ1) is 15.2. The summed E-state index contributed by atoms with van der Waals surface area (Å²) in [4.78, 5) is 27.0. The Kier molecular flexibility index (Phi) is 4.42. The molecule has 1 amide bonds. The van der Waals surface area contributed by atoms with Crippen molar-refractivity contribution in [3.05, 3.63) is 29.5 Å². The van der Waals surface area contributed by atoms with Crippen LogP contribution >= 0.6 is 11.3 Å². The van der Waals surface area contributed by atoms with Crippen molar-refractivity contribution >= 4 is 23.2 Å². The molecule has 0 unspecified atom stereocenters. The predicted molar refractivity (Wildman–Crippen MR) is 78.2 cm³/mol. The van der Waals surface area contributed by atoms with Crippen LogP contribution in [0.5, 0.6) is 0 Å². The Bertz CT molecular complexity index is 631. The number of carboxylic acids is 1. The van der Waals surface area contributed by atoms with Gasteiger partial charge in [0.1, 0.15) is 5.69 Å². The zero-order valence-electron chi connectivity index (χ0n) is 11.8. The highest BCUT2D eigenvalue weighted by Crippen LogP contribution is 2.24. The number of carbonyl (C=O) groups excluding carboxylic acids is 1. The highest BCUT2D eigenvalue weighted by atomic mass is 32.1. The number of carbonyl (C=O) groups is 2. The van der Waals surface area contributed by atoms with Gasteiger partial charge in [-0.15, -0.1) is 11.3 Å². The number of aliphatic carboxylic acids is 1. The van der Waals surface area contributed by atoms with Crippen molar-refractivity contribution in [2.24, 2.45) is 0 Å². The van der Waals surface area contributed by atoms with Crippen LogP contribution in [0.1, 0.15) is 37.2 Å². The highest BCUT2D eigenvalue weighted by molar-refractivity contribution is 7.13. The summed E-state index contributed by atoms with van der Waals surface area (Å²) in [5, 5.41) is 13.8. The van der Waals surface area contributed by atoms with E-state index in [-0.39, 0.29) is 12.3 Å². The second-order valence-corrected chi connectivity index (χ2v) is 6.11. The SMILES string of the molecule is CC(C)(CCC(=O)O)NC(=O)c1csc(-c2ccco2)n1. The number of furan rings is 1. The molecule has 0 fully saturated rings. The second kappa shape index (κ2) is 6.09. The number of hydrogen-bond acceptors (Lipinski definition) is 5. The highest BCUT2D eigenvalue weighted by Gasteiger charge is 2.23. The third-order valence-electron chi connectivity index (χ3n) is 2.88. The molecular formula is C14H16N2O4S. The summed E-state index contributed by atoms with van der Waals surface area (Å²) in [6, 6.07) is 3.53. The maximum atomic E-state index is 12.1. The minimum Gasteiger partial charge on any atom is -0.481 e. The van der Waals surface area contributed by atoms with Crippen molar-refractivity contribution in [3.8, 4) is 10.8 Å². The molecule has 2 aromatic rings. The van der Waals surface area contributed by atoms with Crippen molar-refractivity contribution in [1.29, 1.82) is 0 Å². The van der Waals surface area contributed by atoms with E-state index in [2.05, 4.69) is 10.3 Å². The first-order valence-corrected chi connectivity index (χ1v) is 7.29. The molecule has 0 bridgehead atoms. The smallest absolute Gasteiger partial charge is 0.303 e. The molecule has 2 heterocycles. The van der Waals surface area contributed by atoms with Crippen LogP contribution in [0, 0.1) is 0 Å². The van der Waals surface area contributed by atoms with Gasteiger partial charge in [-0.2, -0.15) is 0 Å². The summed E-state index contributed by atoms with van der Waals surface area (Å²) in [7, 11) is 0. The lowest BCUT2D eigenvalue weighted by molar-refractivity contribution is -0.137. The van der Waals surface area contributed by atoms with E-state index >= 15 is 0 Å². The fraction of sp³-hybridized carbons (Fsp3) is 0.357. The number of carboxylic acid groups (broad SMARTS) is 1. The summed E-state index contributed by atoms with van der Waals surface area (Å²) in [6.45, 7) is 3.57. The van der Waals surface area contributed by atoms with E-state index in [0.717, 1.165) is 0 Å². The molecule has 0 aromatic carbocycles. The summed E-state index contributed by atoms with van der Waals surface area (Å²) < 4.78 is 5.23. The average Bonchev–Trinajstić information content (AvgIpc) is 3.06. The van der Waals surface area contributed by atoms with Crippen LogP contribution in [-0.2, 0) is 4.79 Å². The Hall–Kier alpha value is -2.15. The van der Waals surface area contributed by atoms with Crippen LogP contribution in [0.25, 0.3) is 10.8 Å². The first-order chi connectivity index (χ1) is 9.87. The van der Waals surface area contributed by atoms with Crippen molar-refractivity contribution in [3.63, 3.8) is 0 Å². The molecule has 21 heavy (non-hydrogen) atoms. The molecule has 2 rings (SSSR count). The topological polar surface area (TPSA) is 92.4 Å².